The van der Waals surface area contributed by atoms with E-state index in [-0.39, 0.29) is 0 Å². The minimum absolute atomic E-state index is 0.300. The van der Waals surface area contributed by atoms with Crippen molar-refractivity contribution < 1.29 is 5.11 Å². The molecular formula is C16H22N2O. The molecule has 19 heavy (non-hydrogen) atoms. The molecule has 3 nitrogen and oxygen atoms in total. The van der Waals surface area contributed by atoms with E-state index in [1.165, 1.54) is 5.56 Å². The second kappa shape index (κ2) is 5.91. The van der Waals surface area contributed by atoms with Gasteiger partial charge in [-0.1, -0.05) is 44.4 Å². The van der Waals surface area contributed by atoms with E-state index in [1.54, 1.807) is 4.68 Å². The number of benzene rings is 1. The first-order chi connectivity index (χ1) is 9.17. The van der Waals surface area contributed by atoms with Crippen LogP contribution in [0.1, 0.15) is 43.5 Å². The van der Waals surface area contributed by atoms with E-state index < -0.39 is 0 Å². The summed E-state index contributed by atoms with van der Waals surface area (Å²) in [5.41, 5.74) is 4.16. The molecular weight excluding hydrogens is 236 g/mol. The standard InChI is InChI=1S/C16H22N2O/c1-4-6-14-15(7-5-2)17-18(16(14)19)13-10-8-12(3)9-11-13/h8-11,19H,4-7H2,1-3H3. The molecule has 1 N–H and O–H groups in total. The minimum Gasteiger partial charge on any atom is -0.493 e. The molecule has 1 aromatic heterocycles. The lowest BCUT2D eigenvalue weighted by molar-refractivity contribution is 0.427. The molecule has 0 spiro atoms. The normalized spacial score (nSPS) is 10.9. The van der Waals surface area contributed by atoms with Crippen molar-refractivity contribution in [2.45, 2.75) is 46.5 Å². The maximum absolute atomic E-state index is 10.4. The fourth-order valence-electron chi connectivity index (χ4n) is 2.30. The number of aromatic hydroxyl groups is 1. The summed E-state index contributed by atoms with van der Waals surface area (Å²) in [4.78, 5) is 0. The van der Waals surface area contributed by atoms with Gasteiger partial charge in [0.05, 0.1) is 11.4 Å². The second-order valence-corrected chi connectivity index (χ2v) is 5.00. The van der Waals surface area contributed by atoms with Crippen molar-refractivity contribution in [3.05, 3.63) is 41.1 Å². The van der Waals surface area contributed by atoms with Gasteiger partial charge in [-0.05, 0) is 31.9 Å². The zero-order chi connectivity index (χ0) is 13.8. The Kier molecular flexibility index (Phi) is 4.25. The topological polar surface area (TPSA) is 38.0 Å². The minimum atomic E-state index is 0.300. The van der Waals surface area contributed by atoms with E-state index in [0.29, 0.717) is 5.88 Å². The van der Waals surface area contributed by atoms with Crippen molar-refractivity contribution in [2.75, 3.05) is 0 Å². The maximum atomic E-state index is 10.4. The van der Waals surface area contributed by atoms with Gasteiger partial charge in [0.1, 0.15) is 0 Å². The van der Waals surface area contributed by atoms with Crippen LogP contribution in [-0.4, -0.2) is 14.9 Å². The van der Waals surface area contributed by atoms with Crippen LogP contribution in [0.5, 0.6) is 5.88 Å². The quantitative estimate of drug-likeness (QED) is 0.886. The van der Waals surface area contributed by atoms with Gasteiger partial charge in [-0.15, -0.1) is 0 Å². The number of nitrogens with zero attached hydrogens (tertiary/aromatic N) is 2. The SMILES string of the molecule is CCCc1nn(-c2ccc(C)cc2)c(O)c1CCC. The molecule has 2 rings (SSSR count). The first-order valence-electron chi connectivity index (χ1n) is 7.04. The zero-order valence-electron chi connectivity index (χ0n) is 12.0. The Morgan fingerprint density at radius 3 is 2.26 bits per heavy atom. The fraction of sp³-hybridized carbons (Fsp3) is 0.438. The molecule has 3 heteroatoms. The number of hydrogen-bond acceptors (Lipinski definition) is 2. The second-order valence-electron chi connectivity index (χ2n) is 5.00. The average molecular weight is 258 g/mol. The molecule has 0 unspecified atom stereocenters. The van der Waals surface area contributed by atoms with Gasteiger partial charge in [0, 0.05) is 5.56 Å². The molecule has 0 fully saturated rings. The number of aromatic nitrogens is 2. The van der Waals surface area contributed by atoms with E-state index >= 15 is 0 Å². The van der Waals surface area contributed by atoms with Gasteiger partial charge in [0.25, 0.3) is 0 Å². The summed E-state index contributed by atoms with van der Waals surface area (Å²) in [6.45, 7) is 6.31. The van der Waals surface area contributed by atoms with Crippen LogP contribution in [0.15, 0.2) is 24.3 Å². The van der Waals surface area contributed by atoms with Crippen molar-refractivity contribution in [3.63, 3.8) is 0 Å². The Balaban J connectivity index is 2.45. The van der Waals surface area contributed by atoms with Crippen LogP contribution in [0, 0.1) is 6.92 Å². The van der Waals surface area contributed by atoms with Crippen molar-refractivity contribution in [1.82, 2.24) is 9.78 Å². The Morgan fingerprint density at radius 2 is 1.68 bits per heavy atom. The third-order valence-corrected chi connectivity index (χ3v) is 3.30. The first-order valence-corrected chi connectivity index (χ1v) is 7.04. The van der Waals surface area contributed by atoms with E-state index in [9.17, 15) is 5.11 Å². The third-order valence-electron chi connectivity index (χ3n) is 3.30. The van der Waals surface area contributed by atoms with Gasteiger partial charge in [0.2, 0.25) is 5.88 Å². The number of aryl methyl sites for hydroxylation is 2. The summed E-state index contributed by atoms with van der Waals surface area (Å²) in [5, 5.41) is 15.0. The van der Waals surface area contributed by atoms with Crippen LogP contribution in [0.25, 0.3) is 5.69 Å². The monoisotopic (exact) mass is 258 g/mol. The summed E-state index contributed by atoms with van der Waals surface area (Å²) in [6.07, 6.45) is 3.86. The molecule has 1 aromatic carbocycles. The Bertz CT molecular complexity index is 541. The molecule has 1 heterocycles. The highest BCUT2D eigenvalue weighted by Gasteiger charge is 2.16. The maximum Gasteiger partial charge on any atom is 0.217 e. The molecule has 0 saturated carbocycles. The third kappa shape index (κ3) is 2.80. The summed E-state index contributed by atoms with van der Waals surface area (Å²) in [6, 6.07) is 8.06. The van der Waals surface area contributed by atoms with Gasteiger partial charge >= 0.3 is 0 Å². The van der Waals surface area contributed by atoms with E-state index in [1.807, 2.05) is 24.3 Å². The highest BCUT2D eigenvalue weighted by atomic mass is 16.3. The molecule has 0 aliphatic carbocycles. The first kappa shape index (κ1) is 13.7. The van der Waals surface area contributed by atoms with E-state index in [0.717, 1.165) is 42.6 Å². The van der Waals surface area contributed by atoms with Gasteiger partial charge in [-0.3, -0.25) is 0 Å². The van der Waals surface area contributed by atoms with Gasteiger partial charge in [0.15, 0.2) is 0 Å². The summed E-state index contributed by atoms with van der Waals surface area (Å²) >= 11 is 0. The molecule has 0 bridgehead atoms. The molecule has 0 atom stereocenters. The van der Waals surface area contributed by atoms with Crippen LogP contribution in [0.4, 0.5) is 0 Å². The molecule has 0 amide bonds. The molecule has 2 aromatic rings. The highest BCUT2D eigenvalue weighted by molar-refractivity contribution is 5.41. The van der Waals surface area contributed by atoms with E-state index in [2.05, 4.69) is 25.9 Å². The van der Waals surface area contributed by atoms with Crippen molar-refractivity contribution >= 4 is 0 Å². The molecule has 0 radical (unpaired) electrons. The average Bonchev–Trinajstić information content (AvgIpc) is 2.70. The van der Waals surface area contributed by atoms with Crippen molar-refractivity contribution in [2.24, 2.45) is 0 Å². The Labute approximate surface area is 114 Å². The lowest BCUT2D eigenvalue weighted by Gasteiger charge is -2.04. The van der Waals surface area contributed by atoms with Gasteiger partial charge in [-0.25, -0.2) is 4.68 Å². The van der Waals surface area contributed by atoms with Crippen molar-refractivity contribution in [1.29, 1.82) is 0 Å². The summed E-state index contributed by atoms with van der Waals surface area (Å²) in [5.74, 6) is 0.300. The molecule has 102 valence electrons. The van der Waals surface area contributed by atoms with Gasteiger partial charge < -0.3 is 5.11 Å². The van der Waals surface area contributed by atoms with E-state index in [4.69, 9.17) is 0 Å². The van der Waals surface area contributed by atoms with Crippen LogP contribution in [-0.2, 0) is 12.8 Å². The van der Waals surface area contributed by atoms with Crippen molar-refractivity contribution in [3.8, 4) is 11.6 Å². The van der Waals surface area contributed by atoms with Crippen LogP contribution in [0.2, 0.25) is 0 Å². The Morgan fingerprint density at radius 1 is 1.05 bits per heavy atom. The summed E-state index contributed by atoms with van der Waals surface area (Å²) in [7, 11) is 0. The van der Waals surface area contributed by atoms with Crippen LogP contribution in [0.3, 0.4) is 0 Å². The molecule has 0 aliphatic rings. The fourth-order valence-corrected chi connectivity index (χ4v) is 2.30. The molecule has 0 saturated heterocycles. The lowest BCUT2D eigenvalue weighted by atomic mass is 10.1. The summed E-state index contributed by atoms with van der Waals surface area (Å²) < 4.78 is 1.66. The van der Waals surface area contributed by atoms with Crippen LogP contribution < -0.4 is 0 Å². The zero-order valence-corrected chi connectivity index (χ0v) is 12.0. The number of rotatable bonds is 5. The predicted molar refractivity (Wildman–Crippen MR) is 78.0 cm³/mol. The Hall–Kier alpha value is -1.77. The predicted octanol–water partition coefficient (Wildman–Crippen LogP) is 3.79. The highest BCUT2D eigenvalue weighted by Crippen LogP contribution is 2.27. The smallest absolute Gasteiger partial charge is 0.217 e. The molecule has 0 aliphatic heterocycles. The van der Waals surface area contributed by atoms with Gasteiger partial charge in [-0.2, -0.15) is 5.10 Å². The van der Waals surface area contributed by atoms with Crippen LogP contribution >= 0.6 is 0 Å². The largest absolute Gasteiger partial charge is 0.493 e. The number of hydrogen-bond donors (Lipinski definition) is 1. The lowest BCUT2D eigenvalue weighted by Crippen LogP contribution is -1.96.